The summed E-state index contributed by atoms with van der Waals surface area (Å²) in [6, 6.07) is 8.57. The highest BCUT2D eigenvalue weighted by Crippen LogP contribution is 2.40. The second-order valence-corrected chi connectivity index (χ2v) is 7.58. The molecule has 0 aliphatic carbocycles. The molecule has 1 aliphatic heterocycles. The number of carboxylic acids is 1. The van der Waals surface area contributed by atoms with Crippen LogP contribution in [0.2, 0.25) is 5.02 Å². The predicted octanol–water partition coefficient (Wildman–Crippen LogP) is 3.48. The maximum Gasteiger partial charge on any atom is 0.341 e. The molecule has 34 heavy (non-hydrogen) atoms. The molecule has 1 atom stereocenters. The maximum atomic E-state index is 13.3. The second-order valence-electron chi connectivity index (χ2n) is 7.17. The smallest absolute Gasteiger partial charge is 0.341 e. The van der Waals surface area contributed by atoms with Gasteiger partial charge in [0.1, 0.15) is 5.75 Å². The lowest BCUT2D eigenvalue weighted by Crippen LogP contribution is -2.46. The van der Waals surface area contributed by atoms with E-state index in [4.69, 9.17) is 30.9 Å². The number of carbonyl (C=O) groups is 3. The van der Waals surface area contributed by atoms with E-state index in [0.29, 0.717) is 22.7 Å². The third-order valence-electron chi connectivity index (χ3n) is 4.87. The number of ether oxygens (including phenoxy) is 3. The lowest BCUT2D eigenvalue weighted by molar-refractivity contribution is -0.139. The van der Waals surface area contributed by atoms with Crippen LogP contribution in [0.1, 0.15) is 25.5 Å². The van der Waals surface area contributed by atoms with E-state index in [-0.39, 0.29) is 28.7 Å². The Balaban J connectivity index is 2.02. The number of halogens is 1. The molecule has 0 aromatic heterocycles. The normalized spacial score (nSPS) is 15.2. The number of amides is 3. The summed E-state index contributed by atoms with van der Waals surface area (Å²) < 4.78 is 16.2. The van der Waals surface area contributed by atoms with E-state index >= 15 is 0 Å². The molecule has 180 valence electrons. The van der Waals surface area contributed by atoms with Crippen molar-refractivity contribution in [3.63, 3.8) is 0 Å². The molecule has 0 bridgehead atoms. The van der Waals surface area contributed by atoms with Gasteiger partial charge in [-0.25, -0.2) is 9.59 Å². The van der Waals surface area contributed by atoms with E-state index in [2.05, 4.69) is 16.0 Å². The van der Waals surface area contributed by atoms with Crippen LogP contribution >= 0.6 is 11.6 Å². The minimum Gasteiger partial charge on any atom is -0.495 e. The first kappa shape index (κ1) is 24.7. The summed E-state index contributed by atoms with van der Waals surface area (Å²) in [5.41, 5.74) is 1.48. The molecule has 0 radical (unpaired) electrons. The Kier molecular flexibility index (Phi) is 7.85. The first-order valence-corrected chi connectivity index (χ1v) is 10.7. The number of carboxylic acid groups (broad SMARTS) is 1. The van der Waals surface area contributed by atoms with Gasteiger partial charge in [0.2, 0.25) is 0 Å². The number of para-hydroxylation sites is 2. The molecule has 11 heteroatoms. The quantitative estimate of drug-likeness (QED) is 0.423. The van der Waals surface area contributed by atoms with Gasteiger partial charge in [0.05, 0.1) is 36.0 Å². The largest absolute Gasteiger partial charge is 0.495 e. The van der Waals surface area contributed by atoms with Gasteiger partial charge in [-0.2, -0.15) is 0 Å². The fourth-order valence-electron chi connectivity index (χ4n) is 3.47. The lowest BCUT2D eigenvalue weighted by Gasteiger charge is -2.29. The number of allylic oxidation sites excluding steroid dienone is 1. The molecule has 0 spiro atoms. The summed E-state index contributed by atoms with van der Waals surface area (Å²) >= 11 is 6.38. The minimum atomic E-state index is -1.18. The first-order chi connectivity index (χ1) is 16.2. The van der Waals surface area contributed by atoms with Crippen molar-refractivity contribution < 1.29 is 33.7 Å². The SMILES string of the molecule is CCOc1cc([C@H]2NC(=O)NC(C)=C2C(=O)Nc2ccccc2OC)cc(Cl)c1OCC(=O)O. The topological polar surface area (TPSA) is 135 Å². The van der Waals surface area contributed by atoms with E-state index in [0.717, 1.165) is 0 Å². The molecule has 2 aromatic carbocycles. The third-order valence-corrected chi connectivity index (χ3v) is 5.15. The number of hydrogen-bond donors (Lipinski definition) is 4. The molecule has 0 saturated carbocycles. The van der Waals surface area contributed by atoms with E-state index in [1.807, 2.05) is 0 Å². The fraction of sp³-hybridized carbons (Fsp3) is 0.261. The standard InChI is InChI=1S/C23H24ClN3O7/c1-4-33-17-10-13(9-14(24)21(17)34-11-18(28)29)20-19(12(2)25-23(31)27-20)22(30)26-15-7-5-6-8-16(15)32-3/h5-10,20H,4,11H2,1-3H3,(H,26,30)(H,28,29)(H2,25,27,31)/t20-/m1/s1. The Morgan fingerprint density at radius 3 is 2.59 bits per heavy atom. The summed E-state index contributed by atoms with van der Waals surface area (Å²) in [5.74, 6) is -0.946. The van der Waals surface area contributed by atoms with Crippen LogP contribution in [-0.2, 0) is 9.59 Å². The number of anilines is 1. The number of urea groups is 1. The van der Waals surface area contributed by atoms with Crippen LogP contribution in [0.15, 0.2) is 47.7 Å². The van der Waals surface area contributed by atoms with Crippen LogP contribution in [0.5, 0.6) is 17.2 Å². The molecule has 0 unspecified atom stereocenters. The van der Waals surface area contributed by atoms with E-state index < -0.39 is 30.6 Å². The molecule has 3 amide bonds. The van der Waals surface area contributed by atoms with Crippen molar-refractivity contribution in [2.75, 3.05) is 25.6 Å². The first-order valence-electron chi connectivity index (χ1n) is 10.3. The van der Waals surface area contributed by atoms with Gasteiger partial charge < -0.3 is 35.3 Å². The average molecular weight is 490 g/mol. The van der Waals surface area contributed by atoms with Gasteiger partial charge in [0.15, 0.2) is 18.1 Å². The van der Waals surface area contributed by atoms with Crippen LogP contribution in [-0.4, -0.2) is 43.3 Å². The summed E-state index contributed by atoms with van der Waals surface area (Å²) in [6.45, 7) is 2.98. The molecule has 2 aromatic rings. The average Bonchev–Trinajstić information content (AvgIpc) is 2.78. The van der Waals surface area contributed by atoms with Crippen LogP contribution < -0.4 is 30.2 Å². The van der Waals surface area contributed by atoms with Crippen molar-refractivity contribution in [3.05, 3.63) is 58.3 Å². The Bertz CT molecular complexity index is 1150. The van der Waals surface area contributed by atoms with Crippen LogP contribution in [0, 0.1) is 0 Å². The Morgan fingerprint density at radius 2 is 1.91 bits per heavy atom. The molecule has 0 saturated heterocycles. The molecule has 1 heterocycles. The number of rotatable bonds is 9. The fourth-order valence-corrected chi connectivity index (χ4v) is 3.75. The number of carbonyl (C=O) groups excluding carboxylic acids is 2. The van der Waals surface area contributed by atoms with Gasteiger partial charge in [0, 0.05) is 5.70 Å². The second kappa shape index (κ2) is 10.8. The number of nitrogens with one attached hydrogen (secondary N) is 3. The Labute approximate surface area is 200 Å². The predicted molar refractivity (Wildman–Crippen MR) is 124 cm³/mol. The molecule has 10 nitrogen and oxygen atoms in total. The Hall–Kier alpha value is -3.92. The monoisotopic (exact) mass is 489 g/mol. The van der Waals surface area contributed by atoms with Gasteiger partial charge in [0.25, 0.3) is 5.91 Å². The van der Waals surface area contributed by atoms with Crippen LogP contribution in [0.3, 0.4) is 0 Å². The number of aliphatic carboxylic acids is 1. The molecule has 1 aliphatic rings. The highest BCUT2D eigenvalue weighted by Gasteiger charge is 2.33. The van der Waals surface area contributed by atoms with Crippen LogP contribution in [0.4, 0.5) is 10.5 Å². The van der Waals surface area contributed by atoms with Crippen molar-refractivity contribution in [2.45, 2.75) is 19.9 Å². The Morgan fingerprint density at radius 1 is 1.18 bits per heavy atom. The summed E-state index contributed by atoms with van der Waals surface area (Å²) in [4.78, 5) is 36.5. The van der Waals surface area contributed by atoms with E-state index in [1.165, 1.54) is 13.2 Å². The maximum absolute atomic E-state index is 13.3. The highest BCUT2D eigenvalue weighted by atomic mass is 35.5. The summed E-state index contributed by atoms with van der Waals surface area (Å²) in [7, 11) is 1.49. The highest BCUT2D eigenvalue weighted by molar-refractivity contribution is 6.32. The zero-order chi connectivity index (χ0) is 24.8. The van der Waals surface area contributed by atoms with Gasteiger partial charge >= 0.3 is 12.0 Å². The van der Waals surface area contributed by atoms with Gasteiger partial charge in [-0.1, -0.05) is 23.7 Å². The minimum absolute atomic E-state index is 0.0515. The molecule has 3 rings (SSSR count). The number of methoxy groups -OCH3 is 1. The summed E-state index contributed by atoms with van der Waals surface area (Å²) in [5, 5.41) is 17.1. The zero-order valence-corrected chi connectivity index (χ0v) is 19.5. The molecule has 0 fully saturated rings. The lowest BCUT2D eigenvalue weighted by atomic mass is 9.94. The van der Waals surface area contributed by atoms with E-state index in [1.54, 1.807) is 44.2 Å². The van der Waals surface area contributed by atoms with Crippen molar-refractivity contribution in [3.8, 4) is 17.2 Å². The van der Waals surface area contributed by atoms with Gasteiger partial charge in [-0.15, -0.1) is 0 Å². The zero-order valence-electron chi connectivity index (χ0n) is 18.7. The summed E-state index contributed by atoms with van der Waals surface area (Å²) in [6.07, 6.45) is 0. The number of benzene rings is 2. The van der Waals surface area contributed by atoms with Crippen molar-refractivity contribution in [1.29, 1.82) is 0 Å². The van der Waals surface area contributed by atoms with Gasteiger partial charge in [-0.3, -0.25) is 4.79 Å². The van der Waals surface area contributed by atoms with Crippen LogP contribution in [0.25, 0.3) is 0 Å². The third kappa shape index (κ3) is 5.52. The molecular weight excluding hydrogens is 466 g/mol. The van der Waals surface area contributed by atoms with Crippen molar-refractivity contribution in [1.82, 2.24) is 10.6 Å². The number of hydrogen-bond acceptors (Lipinski definition) is 6. The molecular formula is C23H24ClN3O7. The van der Waals surface area contributed by atoms with Crippen molar-refractivity contribution >= 4 is 35.2 Å². The van der Waals surface area contributed by atoms with Crippen molar-refractivity contribution in [2.24, 2.45) is 0 Å². The molecule has 4 N–H and O–H groups in total. The van der Waals surface area contributed by atoms with E-state index in [9.17, 15) is 14.4 Å². The van der Waals surface area contributed by atoms with Gasteiger partial charge in [-0.05, 0) is 43.7 Å².